The Hall–Kier alpha value is -3.29. The lowest BCUT2D eigenvalue weighted by Crippen LogP contribution is -2.36. The van der Waals surface area contributed by atoms with Gasteiger partial charge in [0, 0.05) is 24.8 Å². The van der Waals surface area contributed by atoms with Crippen LogP contribution in [0.3, 0.4) is 0 Å². The third-order valence-electron chi connectivity index (χ3n) is 6.33. The second-order valence-electron chi connectivity index (χ2n) is 8.78. The van der Waals surface area contributed by atoms with E-state index < -0.39 is 5.54 Å². The molecule has 0 bridgehead atoms. The zero-order chi connectivity index (χ0) is 23.5. The fourth-order valence-electron chi connectivity index (χ4n) is 4.30. The third kappa shape index (κ3) is 4.41. The molecule has 0 saturated carbocycles. The van der Waals surface area contributed by atoms with Gasteiger partial charge in [0.1, 0.15) is 5.75 Å². The molecule has 3 heterocycles. The average molecular weight is 472 g/mol. The highest BCUT2D eigenvalue weighted by Crippen LogP contribution is 2.41. The van der Waals surface area contributed by atoms with Gasteiger partial charge in [-0.2, -0.15) is 0 Å². The van der Waals surface area contributed by atoms with Crippen molar-refractivity contribution < 1.29 is 4.74 Å². The number of benzene rings is 2. The summed E-state index contributed by atoms with van der Waals surface area (Å²) in [7, 11) is 1.68. The molecule has 2 aromatic heterocycles. The first-order chi connectivity index (χ1) is 16.6. The first-order valence-electron chi connectivity index (χ1n) is 11.6. The monoisotopic (exact) mass is 471 g/mol. The third-order valence-corrected chi connectivity index (χ3v) is 7.47. The van der Waals surface area contributed by atoms with Gasteiger partial charge in [0.05, 0.1) is 28.9 Å². The summed E-state index contributed by atoms with van der Waals surface area (Å²) in [5, 5.41) is 1.04. The summed E-state index contributed by atoms with van der Waals surface area (Å²) in [6, 6.07) is 20.0. The number of thiazole rings is 1. The predicted molar refractivity (Wildman–Crippen MR) is 138 cm³/mol. The molecule has 6 nitrogen and oxygen atoms in total. The zero-order valence-corrected chi connectivity index (χ0v) is 20.4. The predicted octanol–water partition coefficient (Wildman–Crippen LogP) is 5.49. The van der Waals surface area contributed by atoms with Crippen LogP contribution in [0.5, 0.6) is 5.75 Å². The van der Waals surface area contributed by atoms with E-state index in [1.807, 2.05) is 55.5 Å². The number of hydrogen-bond acceptors (Lipinski definition) is 7. The fraction of sp³-hybridized carbons (Fsp3) is 0.296. The smallest absolute Gasteiger partial charge is 0.186 e. The second-order valence-corrected chi connectivity index (χ2v) is 9.76. The number of nitrogens with two attached hydrogens (primary N) is 1. The lowest BCUT2D eigenvalue weighted by Gasteiger charge is -2.25. The van der Waals surface area contributed by atoms with Crippen molar-refractivity contribution in [3.8, 4) is 27.6 Å². The van der Waals surface area contributed by atoms with Gasteiger partial charge in [-0.1, -0.05) is 41.7 Å². The number of aromatic nitrogens is 3. The summed E-state index contributed by atoms with van der Waals surface area (Å²) in [6.45, 7) is 4.04. The molecule has 34 heavy (non-hydrogen) atoms. The summed E-state index contributed by atoms with van der Waals surface area (Å²) in [5.74, 6) is 1.41. The Morgan fingerprint density at radius 2 is 1.68 bits per heavy atom. The van der Waals surface area contributed by atoms with Crippen molar-refractivity contribution in [2.45, 2.75) is 31.7 Å². The topological polar surface area (TPSA) is 77.2 Å². The van der Waals surface area contributed by atoms with Crippen LogP contribution in [0.4, 0.5) is 5.13 Å². The molecular formula is C27H29N5OS. The molecule has 1 saturated heterocycles. The van der Waals surface area contributed by atoms with Gasteiger partial charge in [-0.25, -0.2) is 15.0 Å². The molecule has 4 aromatic rings. The molecule has 0 amide bonds. The Morgan fingerprint density at radius 1 is 0.941 bits per heavy atom. The van der Waals surface area contributed by atoms with Crippen molar-refractivity contribution in [1.29, 1.82) is 0 Å². The van der Waals surface area contributed by atoms with Crippen LogP contribution in [0.1, 0.15) is 37.6 Å². The molecule has 2 N–H and O–H groups in total. The molecule has 0 unspecified atom stereocenters. The Bertz CT molecular complexity index is 1250. The van der Waals surface area contributed by atoms with E-state index in [0.29, 0.717) is 5.82 Å². The van der Waals surface area contributed by atoms with Gasteiger partial charge >= 0.3 is 0 Å². The highest BCUT2D eigenvalue weighted by molar-refractivity contribution is 7.19. The zero-order valence-electron chi connectivity index (χ0n) is 19.6. The van der Waals surface area contributed by atoms with Crippen molar-refractivity contribution in [2.75, 3.05) is 25.1 Å². The highest BCUT2D eigenvalue weighted by Gasteiger charge is 2.28. The van der Waals surface area contributed by atoms with Gasteiger partial charge in [0.2, 0.25) is 0 Å². The van der Waals surface area contributed by atoms with Crippen LogP contribution >= 0.6 is 11.3 Å². The number of piperidine rings is 1. The molecular weight excluding hydrogens is 442 g/mol. The normalized spacial score (nSPS) is 15.7. The van der Waals surface area contributed by atoms with Gasteiger partial charge in [0.25, 0.3) is 0 Å². The maximum absolute atomic E-state index is 6.75. The average Bonchev–Trinajstić information content (AvgIpc) is 3.35. The van der Waals surface area contributed by atoms with E-state index in [-0.39, 0.29) is 0 Å². The lowest BCUT2D eigenvalue weighted by atomic mass is 9.92. The number of rotatable bonds is 6. The molecule has 0 aliphatic carbocycles. The van der Waals surface area contributed by atoms with Gasteiger partial charge in [0.15, 0.2) is 11.0 Å². The van der Waals surface area contributed by atoms with Crippen LogP contribution in [0.15, 0.2) is 66.9 Å². The SMILES string of the molecule is COc1ccc(-c2nc(N3CCCCC3)sc2-c2ccnc([C@@](C)(N)c3ccccc3)n2)cc1. The van der Waals surface area contributed by atoms with E-state index in [1.54, 1.807) is 24.6 Å². The first-order valence-corrected chi connectivity index (χ1v) is 12.5. The van der Waals surface area contributed by atoms with E-state index in [4.69, 9.17) is 20.4 Å². The number of ether oxygens (including phenoxy) is 1. The molecule has 2 aromatic carbocycles. The summed E-state index contributed by atoms with van der Waals surface area (Å²) >= 11 is 1.69. The Morgan fingerprint density at radius 3 is 2.38 bits per heavy atom. The first kappa shape index (κ1) is 22.5. The summed E-state index contributed by atoms with van der Waals surface area (Å²) in [5.41, 5.74) is 9.72. The van der Waals surface area contributed by atoms with E-state index >= 15 is 0 Å². The molecule has 174 valence electrons. The van der Waals surface area contributed by atoms with Crippen molar-refractivity contribution in [3.63, 3.8) is 0 Å². The minimum Gasteiger partial charge on any atom is -0.497 e. The standard InChI is InChI=1S/C27H29N5OS/c1-27(28,20-9-5-3-6-10-20)25-29-16-15-22(30-25)24-23(19-11-13-21(33-2)14-12-19)31-26(34-24)32-17-7-4-8-18-32/h3,5-6,9-16H,4,7-8,17-18,28H2,1-2H3/t27-/m0/s1. The fourth-order valence-corrected chi connectivity index (χ4v) is 5.41. The van der Waals surface area contributed by atoms with E-state index in [0.717, 1.165) is 51.4 Å². The summed E-state index contributed by atoms with van der Waals surface area (Å²) < 4.78 is 5.35. The summed E-state index contributed by atoms with van der Waals surface area (Å²) in [4.78, 5) is 18.0. The van der Waals surface area contributed by atoms with E-state index in [1.165, 1.54) is 19.3 Å². The van der Waals surface area contributed by atoms with Gasteiger partial charge in [-0.3, -0.25) is 0 Å². The van der Waals surface area contributed by atoms with E-state index in [2.05, 4.69) is 22.0 Å². The minimum absolute atomic E-state index is 0.588. The van der Waals surface area contributed by atoms with Crippen molar-refractivity contribution in [3.05, 3.63) is 78.2 Å². The van der Waals surface area contributed by atoms with Crippen LogP contribution < -0.4 is 15.4 Å². The van der Waals surface area contributed by atoms with E-state index in [9.17, 15) is 0 Å². The van der Waals surface area contributed by atoms with Crippen LogP contribution in [0.2, 0.25) is 0 Å². The molecule has 1 atom stereocenters. The van der Waals surface area contributed by atoms with Gasteiger partial charge < -0.3 is 15.4 Å². The van der Waals surface area contributed by atoms with Gasteiger partial charge in [-0.15, -0.1) is 0 Å². The largest absolute Gasteiger partial charge is 0.497 e. The van der Waals surface area contributed by atoms with Crippen LogP contribution in [-0.4, -0.2) is 35.2 Å². The lowest BCUT2D eigenvalue weighted by molar-refractivity contribution is 0.415. The van der Waals surface area contributed by atoms with Crippen molar-refractivity contribution in [2.24, 2.45) is 5.73 Å². The summed E-state index contributed by atoms with van der Waals surface area (Å²) in [6.07, 6.45) is 5.48. The second kappa shape index (κ2) is 9.52. The molecule has 0 radical (unpaired) electrons. The molecule has 5 rings (SSSR count). The van der Waals surface area contributed by atoms with Crippen LogP contribution in [0.25, 0.3) is 21.8 Å². The maximum atomic E-state index is 6.75. The molecule has 1 aliphatic heterocycles. The molecule has 0 spiro atoms. The molecule has 1 fully saturated rings. The molecule has 1 aliphatic rings. The minimum atomic E-state index is -0.808. The number of anilines is 1. The number of hydrogen-bond donors (Lipinski definition) is 1. The Balaban J connectivity index is 1.59. The van der Waals surface area contributed by atoms with Crippen molar-refractivity contribution in [1.82, 2.24) is 15.0 Å². The quantitative estimate of drug-likeness (QED) is 0.401. The highest BCUT2D eigenvalue weighted by atomic mass is 32.1. The van der Waals surface area contributed by atoms with Crippen LogP contribution in [0, 0.1) is 0 Å². The molecule has 7 heteroatoms. The van der Waals surface area contributed by atoms with Crippen molar-refractivity contribution >= 4 is 16.5 Å². The maximum Gasteiger partial charge on any atom is 0.186 e. The van der Waals surface area contributed by atoms with Gasteiger partial charge in [-0.05, 0) is 62.1 Å². The Labute approximate surface area is 204 Å². The van der Waals surface area contributed by atoms with Crippen LogP contribution in [-0.2, 0) is 5.54 Å². The Kier molecular flexibility index (Phi) is 6.30. The number of methoxy groups -OCH3 is 1. The number of nitrogens with zero attached hydrogens (tertiary/aromatic N) is 4.